The van der Waals surface area contributed by atoms with Crippen LogP contribution in [0.1, 0.15) is 49.7 Å². The van der Waals surface area contributed by atoms with Gasteiger partial charge in [-0.15, -0.1) is 0 Å². The van der Waals surface area contributed by atoms with Crippen molar-refractivity contribution >= 4 is 45.7 Å². The zero-order valence-electron chi connectivity index (χ0n) is 24.4. The highest BCUT2D eigenvalue weighted by atomic mass is 15.5. The maximum absolute atomic E-state index is 4.93. The van der Waals surface area contributed by atoms with Crippen molar-refractivity contribution in [3.8, 4) is 0 Å². The Bertz CT molecular complexity index is 1680. The van der Waals surface area contributed by atoms with Crippen LogP contribution in [0.25, 0.3) is 21.7 Å². The van der Waals surface area contributed by atoms with Gasteiger partial charge in [0, 0.05) is 62.4 Å². The fraction of sp³-hybridized carbons (Fsp3) is 0.353. The minimum absolute atomic E-state index is 0.585. The maximum atomic E-state index is 4.93. The van der Waals surface area contributed by atoms with Crippen molar-refractivity contribution in [2.45, 2.75) is 45.1 Å². The second-order valence-electron chi connectivity index (χ2n) is 11.5. The quantitative estimate of drug-likeness (QED) is 0.168. The predicted octanol–water partition coefficient (Wildman–Crippen LogP) is 6.48. The Labute approximate surface area is 247 Å². The molecule has 2 aromatic heterocycles. The van der Waals surface area contributed by atoms with Crippen LogP contribution in [0.5, 0.6) is 0 Å². The highest BCUT2D eigenvalue weighted by Crippen LogP contribution is 2.25. The molecule has 0 radical (unpaired) electrons. The first-order valence-corrected chi connectivity index (χ1v) is 15.3. The molecule has 0 spiro atoms. The molecular formula is C34H38N8. The molecule has 0 bridgehead atoms. The molecule has 0 atom stereocenters. The van der Waals surface area contributed by atoms with Gasteiger partial charge < -0.3 is 14.4 Å². The summed E-state index contributed by atoms with van der Waals surface area (Å²) in [5.74, 6) is 2.13. The summed E-state index contributed by atoms with van der Waals surface area (Å²) in [5, 5.41) is 10.3. The normalized spacial score (nSPS) is 16.1. The van der Waals surface area contributed by atoms with Gasteiger partial charge >= 0.3 is 0 Å². The van der Waals surface area contributed by atoms with E-state index in [1.165, 1.54) is 65.8 Å². The first-order chi connectivity index (χ1) is 20.7. The lowest BCUT2D eigenvalue weighted by Crippen LogP contribution is -2.35. The van der Waals surface area contributed by atoms with Crippen molar-refractivity contribution in [2.24, 2.45) is 5.10 Å². The van der Waals surface area contributed by atoms with Gasteiger partial charge in [0.2, 0.25) is 11.9 Å². The highest BCUT2D eigenvalue weighted by Gasteiger charge is 2.21. The van der Waals surface area contributed by atoms with Crippen LogP contribution in [0.4, 0.5) is 17.8 Å². The van der Waals surface area contributed by atoms with Crippen molar-refractivity contribution < 1.29 is 0 Å². The van der Waals surface area contributed by atoms with Gasteiger partial charge in [-0.25, -0.2) is 5.01 Å². The predicted molar refractivity (Wildman–Crippen MR) is 173 cm³/mol. The van der Waals surface area contributed by atoms with Gasteiger partial charge in [-0.05, 0) is 67.0 Å². The molecule has 2 fully saturated rings. The van der Waals surface area contributed by atoms with Crippen LogP contribution in [-0.2, 0) is 6.54 Å². The van der Waals surface area contributed by atoms with E-state index in [1.807, 2.05) is 13.3 Å². The molecule has 42 heavy (non-hydrogen) atoms. The van der Waals surface area contributed by atoms with Crippen molar-refractivity contribution in [1.82, 2.24) is 19.5 Å². The van der Waals surface area contributed by atoms with Gasteiger partial charge in [0.05, 0.1) is 6.21 Å². The summed E-state index contributed by atoms with van der Waals surface area (Å²) >= 11 is 0. The second kappa shape index (κ2) is 11.8. The van der Waals surface area contributed by atoms with Gasteiger partial charge in [-0.2, -0.15) is 20.1 Å². The number of hydrogen-bond donors (Lipinski definition) is 0. The van der Waals surface area contributed by atoms with Crippen LogP contribution in [0.3, 0.4) is 0 Å². The summed E-state index contributed by atoms with van der Waals surface area (Å²) in [5.41, 5.74) is 3.53. The molecule has 7 rings (SSSR count). The Kier molecular flexibility index (Phi) is 7.43. The first-order valence-electron chi connectivity index (χ1n) is 15.3. The Morgan fingerprint density at radius 2 is 1.38 bits per heavy atom. The Morgan fingerprint density at radius 3 is 2.10 bits per heavy atom. The van der Waals surface area contributed by atoms with Crippen LogP contribution in [0, 0.1) is 0 Å². The molecule has 0 amide bonds. The van der Waals surface area contributed by atoms with Gasteiger partial charge in [0.25, 0.3) is 5.95 Å². The number of hydrogen-bond acceptors (Lipinski definition) is 7. The average molecular weight is 559 g/mol. The fourth-order valence-electron chi connectivity index (χ4n) is 6.20. The summed E-state index contributed by atoms with van der Waals surface area (Å²) in [6, 6.07) is 23.8. The third-order valence-electron chi connectivity index (χ3n) is 8.52. The number of hydrazone groups is 1. The van der Waals surface area contributed by atoms with Crippen LogP contribution in [-0.4, -0.2) is 59.0 Å². The number of benzene rings is 3. The molecule has 5 aromatic rings. The third-order valence-corrected chi connectivity index (χ3v) is 8.52. The number of nitrogens with zero attached hydrogens (tertiary/aromatic N) is 8. The minimum Gasteiger partial charge on any atom is -0.342 e. The molecule has 0 saturated carbocycles. The van der Waals surface area contributed by atoms with E-state index in [1.54, 1.807) is 5.01 Å². The minimum atomic E-state index is 0.585. The second-order valence-corrected chi connectivity index (χ2v) is 11.5. The highest BCUT2D eigenvalue weighted by molar-refractivity contribution is 5.99. The first kappa shape index (κ1) is 26.4. The summed E-state index contributed by atoms with van der Waals surface area (Å²) in [6.45, 7) is 4.76. The van der Waals surface area contributed by atoms with Crippen LogP contribution >= 0.6 is 0 Å². The number of aromatic nitrogens is 4. The Hall–Kier alpha value is -4.46. The zero-order chi connectivity index (χ0) is 28.3. The van der Waals surface area contributed by atoms with Crippen molar-refractivity contribution in [3.63, 3.8) is 0 Å². The largest absolute Gasteiger partial charge is 0.342 e. The van der Waals surface area contributed by atoms with Gasteiger partial charge in [0.15, 0.2) is 0 Å². The van der Waals surface area contributed by atoms with E-state index in [0.29, 0.717) is 5.95 Å². The molecule has 0 unspecified atom stereocenters. The van der Waals surface area contributed by atoms with Crippen molar-refractivity contribution in [3.05, 3.63) is 84.1 Å². The van der Waals surface area contributed by atoms with Crippen LogP contribution < -0.4 is 14.8 Å². The van der Waals surface area contributed by atoms with E-state index in [4.69, 9.17) is 20.1 Å². The van der Waals surface area contributed by atoms with Crippen molar-refractivity contribution in [2.75, 3.05) is 48.0 Å². The molecule has 214 valence electrons. The third kappa shape index (κ3) is 5.53. The van der Waals surface area contributed by atoms with E-state index in [9.17, 15) is 0 Å². The zero-order valence-corrected chi connectivity index (χ0v) is 24.4. The monoisotopic (exact) mass is 558 g/mol. The Balaban J connectivity index is 1.18. The fourth-order valence-corrected chi connectivity index (χ4v) is 6.20. The number of piperidine rings is 2. The number of para-hydroxylation sites is 1. The molecule has 3 aromatic carbocycles. The maximum Gasteiger partial charge on any atom is 0.252 e. The van der Waals surface area contributed by atoms with E-state index in [2.05, 4.69) is 87.3 Å². The Morgan fingerprint density at radius 1 is 0.738 bits per heavy atom. The van der Waals surface area contributed by atoms with Gasteiger partial charge in [-0.1, -0.05) is 54.6 Å². The molecule has 0 aliphatic carbocycles. The van der Waals surface area contributed by atoms with E-state index in [0.717, 1.165) is 50.2 Å². The molecule has 8 nitrogen and oxygen atoms in total. The molecule has 4 heterocycles. The van der Waals surface area contributed by atoms with E-state index >= 15 is 0 Å². The lowest BCUT2D eigenvalue weighted by molar-refractivity contribution is 0.555. The smallest absolute Gasteiger partial charge is 0.252 e. The summed E-state index contributed by atoms with van der Waals surface area (Å²) in [7, 11) is 1.93. The number of rotatable bonds is 7. The number of anilines is 3. The van der Waals surface area contributed by atoms with E-state index in [-0.39, 0.29) is 0 Å². The number of fused-ring (bicyclic) bond motifs is 2. The summed E-state index contributed by atoms with van der Waals surface area (Å²) in [6.07, 6.45) is 11.4. The standard InChI is InChI=1S/C34H38N8/c1-39(32-36-33(40-18-8-2-9-19-40)38-34(37-32)41-20-10-3-11-21-41)35-23-29-25-42(31-15-7-6-14-30(29)31)24-26-16-17-27-12-4-5-13-28(27)22-26/h4-7,12-17,22-23,25H,2-3,8-11,18-21,24H2,1H3/b35-23+. The lowest BCUT2D eigenvalue weighted by atomic mass is 10.1. The molecule has 0 N–H and O–H groups in total. The van der Waals surface area contributed by atoms with Gasteiger partial charge in [0.1, 0.15) is 0 Å². The molecule has 8 heteroatoms. The van der Waals surface area contributed by atoms with Gasteiger partial charge in [-0.3, -0.25) is 0 Å². The van der Waals surface area contributed by atoms with E-state index < -0.39 is 0 Å². The van der Waals surface area contributed by atoms with Crippen LogP contribution in [0.15, 0.2) is 78.0 Å². The summed E-state index contributed by atoms with van der Waals surface area (Å²) in [4.78, 5) is 19.3. The van der Waals surface area contributed by atoms with Crippen LogP contribution in [0.2, 0.25) is 0 Å². The molecule has 2 aliphatic heterocycles. The average Bonchev–Trinajstić information content (AvgIpc) is 3.41. The lowest BCUT2D eigenvalue weighted by Gasteiger charge is -2.30. The molecule has 2 aliphatic rings. The SMILES string of the molecule is CN(/N=C/c1cn(Cc2ccc3ccccc3c2)c2ccccc12)c1nc(N2CCCCC2)nc(N2CCCCC2)n1. The summed E-state index contributed by atoms with van der Waals surface area (Å²) < 4.78 is 2.31. The van der Waals surface area contributed by atoms with Crippen molar-refractivity contribution in [1.29, 1.82) is 0 Å². The molecule has 2 saturated heterocycles. The topological polar surface area (TPSA) is 65.7 Å². The molecular weight excluding hydrogens is 520 g/mol.